The van der Waals surface area contributed by atoms with Gasteiger partial charge in [-0.25, -0.2) is 4.79 Å². The average molecular weight is 334 g/mol. The molecule has 0 atom stereocenters. The Morgan fingerprint density at radius 3 is 2.65 bits per heavy atom. The van der Waals surface area contributed by atoms with Crippen molar-refractivity contribution in [2.75, 3.05) is 13.7 Å². The molecule has 2 rings (SSSR count). The largest absolute Gasteiger partial charge is 0.452 e. The SMILES string of the molecule is CN(Cc1cccs1)C(=O)COC(=O)c1ccccc1[N+](=O)[O-]. The summed E-state index contributed by atoms with van der Waals surface area (Å²) >= 11 is 1.52. The lowest BCUT2D eigenvalue weighted by Gasteiger charge is -2.16. The highest BCUT2D eigenvalue weighted by atomic mass is 32.1. The van der Waals surface area contributed by atoms with E-state index in [9.17, 15) is 19.7 Å². The Labute approximate surface area is 136 Å². The van der Waals surface area contributed by atoms with Crippen LogP contribution in [0.4, 0.5) is 5.69 Å². The number of thiophene rings is 1. The second-order valence-electron chi connectivity index (χ2n) is 4.68. The van der Waals surface area contributed by atoms with Crippen LogP contribution in [0, 0.1) is 10.1 Å². The zero-order chi connectivity index (χ0) is 16.8. The lowest BCUT2D eigenvalue weighted by molar-refractivity contribution is -0.385. The van der Waals surface area contributed by atoms with Gasteiger partial charge in [0, 0.05) is 18.0 Å². The fourth-order valence-corrected chi connectivity index (χ4v) is 2.60. The van der Waals surface area contributed by atoms with Crippen molar-refractivity contribution in [3.63, 3.8) is 0 Å². The molecule has 2 aromatic rings. The highest BCUT2D eigenvalue weighted by molar-refractivity contribution is 7.09. The number of nitrogens with zero attached hydrogens (tertiary/aromatic N) is 2. The number of ether oxygens (including phenoxy) is 1. The number of nitro benzene ring substituents is 1. The van der Waals surface area contributed by atoms with E-state index in [4.69, 9.17) is 4.74 Å². The molecule has 1 aromatic carbocycles. The van der Waals surface area contributed by atoms with Gasteiger partial charge < -0.3 is 9.64 Å². The quantitative estimate of drug-likeness (QED) is 0.460. The van der Waals surface area contributed by atoms with Crippen molar-refractivity contribution in [1.29, 1.82) is 0 Å². The summed E-state index contributed by atoms with van der Waals surface area (Å²) in [5.74, 6) is -1.28. The standard InChI is InChI=1S/C15H14N2O5S/c1-16(9-11-5-4-8-23-11)14(18)10-22-15(19)12-6-2-3-7-13(12)17(20)21/h2-8H,9-10H2,1H3. The number of esters is 1. The molecule has 0 bridgehead atoms. The predicted molar refractivity (Wildman–Crippen MR) is 84.2 cm³/mol. The maximum Gasteiger partial charge on any atom is 0.345 e. The summed E-state index contributed by atoms with van der Waals surface area (Å²) in [6, 6.07) is 9.23. The number of hydrogen-bond acceptors (Lipinski definition) is 6. The minimum atomic E-state index is -0.893. The van der Waals surface area contributed by atoms with Crippen LogP contribution >= 0.6 is 11.3 Å². The van der Waals surface area contributed by atoms with Crippen LogP contribution in [-0.2, 0) is 16.1 Å². The summed E-state index contributed by atoms with van der Waals surface area (Å²) in [5, 5.41) is 12.8. The number of rotatable bonds is 6. The van der Waals surface area contributed by atoms with Gasteiger partial charge in [-0.1, -0.05) is 18.2 Å². The van der Waals surface area contributed by atoms with Crippen LogP contribution in [0.3, 0.4) is 0 Å². The van der Waals surface area contributed by atoms with Crippen molar-refractivity contribution in [2.45, 2.75) is 6.54 Å². The summed E-state index contributed by atoms with van der Waals surface area (Å²) in [6.45, 7) is -0.0493. The maximum atomic E-state index is 11.9. The van der Waals surface area contributed by atoms with Gasteiger partial charge in [0.05, 0.1) is 11.5 Å². The monoisotopic (exact) mass is 334 g/mol. The number of likely N-dealkylation sites (N-methyl/N-ethyl adjacent to an activating group) is 1. The average Bonchev–Trinajstić information content (AvgIpc) is 3.05. The second-order valence-corrected chi connectivity index (χ2v) is 5.71. The molecule has 0 aliphatic carbocycles. The van der Waals surface area contributed by atoms with Crippen LogP contribution in [0.5, 0.6) is 0 Å². The molecule has 1 amide bonds. The molecule has 1 aromatic heterocycles. The van der Waals surface area contributed by atoms with E-state index in [-0.39, 0.29) is 17.2 Å². The van der Waals surface area contributed by atoms with Gasteiger partial charge in [-0.2, -0.15) is 0 Å². The molecule has 0 N–H and O–H groups in total. The summed E-state index contributed by atoms with van der Waals surface area (Å²) in [4.78, 5) is 36.5. The first-order valence-electron chi connectivity index (χ1n) is 6.66. The Morgan fingerprint density at radius 1 is 1.26 bits per heavy atom. The summed E-state index contributed by atoms with van der Waals surface area (Å²) in [7, 11) is 1.60. The lowest BCUT2D eigenvalue weighted by Crippen LogP contribution is -2.30. The van der Waals surface area contributed by atoms with Crippen molar-refractivity contribution >= 4 is 28.9 Å². The number of nitro groups is 1. The second kappa shape index (κ2) is 7.50. The highest BCUT2D eigenvalue weighted by Gasteiger charge is 2.21. The topological polar surface area (TPSA) is 89.8 Å². The van der Waals surface area contributed by atoms with E-state index in [1.54, 1.807) is 7.05 Å². The molecule has 0 unspecified atom stereocenters. The first kappa shape index (κ1) is 16.6. The first-order chi connectivity index (χ1) is 11.0. The zero-order valence-electron chi connectivity index (χ0n) is 12.3. The van der Waals surface area contributed by atoms with E-state index in [1.165, 1.54) is 40.5 Å². The van der Waals surface area contributed by atoms with E-state index in [0.29, 0.717) is 6.54 Å². The Balaban J connectivity index is 1.94. The number of benzene rings is 1. The van der Waals surface area contributed by atoms with E-state index < -0.39 is 17.5 Å². The number of para-hydroxylation sites is 1. The van der Waals surface area contributed by atoms with E-state index in [2.05, 4.69) is 0 Å². The van der Waals surface area contributed by atoms with Gasteiger partial charge in [0.25, 0.3) is 11.6 Å². The molecule has 0 aliphatic heterocycles. The minimum absolute atomic E-state index is 0.175. The van der Waals surface area contributed by atoms with Crippen LogP contribution in [-0.4, -0.2) is 35.4 Å². The fourth-order valence-electron chi connectivity index (χ4n) is 1.85. The van der Waals surface area contributed by atoms with Gasteiger partial charge in [-0.3, -0.25) is 14.9 Å². The van der Waals surface area contributed by atoms with E-state index in [1.807, 2.05) is 17.5 Å². The van der Waals surface area contributed by atoms with Crippen LogP contribution in [0.25, 0.3) is 0 Å². The van der Waals surface area contributed by atoms with Gasteiger partial charge in [0.15, 0.2) is 6.61 Å². The number of amides is 1. The van der Waals surface area contributed by atoms with Crippen LogP contribution in [0.2, 0.25) is 0 Å². The molecule has 120 valence electrons. The van der Waals surface area contributed by atoms with Gasteiger partial charge in [0.2, 0.25) is 0 Å². The molecule has 0 radical (unpaired) electrons. The normalized spacial score (nSPS) is 10.1. The third kappa shape index (κ3) is 4.36. The highest BCUT2D eigenvalue weighted by Crippen LogP contribution is 2.18. The Hall–Kier alpha value is -2.74. The first-order valence-corrected chi connectivity index (χ1v) is 7.54. The molecule has 8 heteroatoms. The number of carbonyl (C=O) groups excluding carboxylic acids is 2. The molecule has 7 nitrogen and oxygen atoms in total. The van der Waals surface area contributed by atoms with Gasteiger partial charge in [-0.15, -0.1) is 11.3 Å². The van der Waals surface area contributed by atoms with Gasteiger partial charge >= 0.3 is 5.97 Å². The molecule has 0 saturated carbocycles. The third-order valence-corrected chi connectivity index (χ3v) is 3.91. The summed E-state index contributed by atoms with van der Waals surface area (Å²) in [5.41, 5.74) is -0.525. The number of carbonyl (C=O) groups is 2. The molecular weight excluding hydrogens is 320 g/mol. The molecule has 1 heterocycles. The van der Waals surface area contributed by atoms with Crippen molar-refractivity contribution < 1.29 is 19.2 Å². The lowest BCUT2D eigenvalue weighted by atomic mass is 10.2. The maximum absolute atomic E-state index is 11.9. The fraction of sp³-hybridized carbons (Fsp3) is 0.200. The van der Waals surface area contributed by atoms with Crippen LogP contribution in [0.1, 0.15) is 15.2 Å². The van der Waals surface area contributed by atoms with E-state index >= 15 is 0 Å². The van der Waals surface area contributed by atoms with Gasteiger partial charge in [-0.05, 0) is 17.5 Å². The molecule has 0 saturated heterocycles. The zero-order valence-corrected chi connectivity index (χ0v) is 13.1. The molecule has 23 heavy (non-hydrogen) atoms. The minimum Gasteiger partial charge on any atom is -0.452 e. The van der Waals surface area contributed by atoms with Gasteiger partial charge in [0.1, 0.15) is 5.56 Å². The molecule has 0 aliphatic rings. The van der Waals surface area contributed by atoms with Crippen molar-refractivity contribution in [1.82, 2.24) is 4.90 Å². The molecule has 0 fully saturated rings. The van der Waals surface area contributed by atoms with Crippen LogP contribution < -0.4 is 0 Å². The van der Waals surface area contributed by atoms with Crippen LogP contribution in [0.15, 0.2) is 41.8 Å². The van der Waals surface area contributed by atoms with E-state index in [0.717, 1.165) is 4.88 Å². The van der Waals surface area contributed by atoms with Crippen molar-refractivity contribution in [3.8, 4) is 0 Å². The number of hydrogen-bond donors (Lipinski definition) is 0. The smallest absolute Gasteiger partial charge is 0.345 e. The Bertz CT molecular complexity index is 714. The summed E-state index contributed by atoms with van der Waals surface area (Å²) in [6.07, 6.45) is 0. The van der Waals surface area contributed by atoms with Crippen molar-refractivity contribution in [2.24, 2.45) is 0 Å². The third-order valence-electron chi connectivity index (χ3n) is 3.05. The Morgan fingerprint density at radius 2 is 2.00 bits per heavy atom. The molecular formula is C15H14N2O5S. The summed E-state index contributed by atoms with van der Waals surface area (Å²) < 4.78 is 4.89. The van der Waals surface area contributed by atoms with Crippen molar-refractivity contribution in [3.05, 3.63) is 62.3 Å². The Kier molecular flexibility index (Phi) is 5.42. The predicted octanol–water partition coefficient (Wildman–Crippen LogP) is 2.47. The molecule has 0 spiro atoms.